The molecule has 7 heteroatoms. The molecule has 0 fully saturated rings. The van der Waals surface area contributed by atoms with Crippen LogP contribution < -0.4 is 0 Å². The monoisotopic (exact) mass is 375 g/mol. The van der Waals surface area contributed by atoms with Gasteiger partial charge in [0.15, 0.2) is 0 Å². The third-order valence-corrected chi connectivity index (χ3v) is 4.61. The Kier molecular flexibility index (Phi) is 3.88. The number of fused-ring (bicyclic) bond motifs is 3. The van der Waals surface area contributed by atoms with Gasteiger partial charge in [0.25, 0.3) is 5.92 Å². The van der Waals surface area contributed by atoms with E-state index in [1.54, 1.807) is 22.9 Å². The van der Waals surface area contributed by atoms with Crippen LogP contribution >= 0.6 is 11.6 Å². The maximum Gasteiger partial charge on any atom is 0.286 e. The standard InChI is InChI=1S/C19H13ClF3N3/c1-19(22,23)17-5-4-11(9-24-17)18-15-3-2-6-26(15)16-8-12(21)7-14(20)13(16)10-25-18/h2-9H,10H2,1H3. The highest BCUT2D eigenvalue weighted by atomic mass is 35.5. The van der Waals surface area contributed by atoms with Crippen LogP contribution in [0.15, 0.2) is 53.8 Å². The van der Waals surface area contributed by atoms with E-state index in [9.17, 15) is 13.2 Å². The average Bonchev–Trinajstić information content (AvgIpc) is 2.99. The van der Waals surface area contributed by atoms with Crippen LogP contribution in [0.5, 0.6) is 0 Å². The van der Waals surface area contributed by atoms with Gasteiger partial charge in [-0.15, -0.1) is 0 Å². The van der Waals surface area contributed by atoms with Gasteiger partial charge in [-0.1, -0.05) is 11.6 Å². The predicted octanol–water partition coefficient (Wildman–Crippen LogP) is 5.13. The van der Waals surface area contributed by atoms with E-state index < -0.39 is 11.7 Å². The minimum Gasteiger partial charge on any atom is -0.315 e. The van der Waals surface area contributed by atoms with Crippen LogP contribution in [0.4, 0.5) is 13.2 Å². The molecule has 0 saturated carbocycles. The summed E-state index contributed by atoms with van der Waals surface area (Å²) in [6, 6.07) is 9.14. The molecule has 0 unspecified atom stereocenters. The summed E-state index contributed by atoms with van der Waals surface area (Å²) in [4.78, 5) is 8.46. The molecule has 0 radical (unpaired) electrons. The summed E-state index contributed by atoms with van der Waals surface area (Å²) in [7, 11) is 0. The number of halogens is 4. The first-order chi connectivity index (χ1) is 12.3. The molecule has 1 aliphatic heterocycles. The van der Waals surface area contributed by atoms with Crippen LogP contribution in [0.2, 0.25) is 5.02 Å². The van der Waals surface area contributed by atoms with Crippen molar-refractivity contribution in [2.75, 3.05) is 0 Å². The zero-order valence-corrected chi connectivity index (χ0v) is 14.4. The van der Waals surface area contributed by atoms with E-state index in [1.165, 1.54) is 24.4 Å². The molecular formula is C19H13ClF3N3. The lowest BCUT2D eigenvalue weighted by atomic mass is 10.1. The van der Waals surface area contributed by atoms with Crippen LogP contribution in [-0.4, -0.2) is 15.3 Å². The summed E-state index contributed by atoms with van der Waals surface area (Å²) < 4.78 is 42.4. The van der Waals surface area contributed by atoms with Crippen LogP contribution in [0, 0.1) is 5.82 Å². The Bertz CT molecular complexity index is 1020. The fourth-order valence-electron chi connectivity index (χ4n) is 3.02. The van der Waals surface area contributed by atoms with Gasteiger partial charge in [0.2, 0.25) is 0 Å². The third kappa shape index (κ3) is 2.80. The van der Waals surface area contributed by atoms with Gasteiger partial charge in [0, 0.05) is 30.4 Å². The van der Waals surface area contributed by atoms with E-state index in [1.807, 2.05) is 6.07 Å². The molecule has 26 heavy (non-hydrogen) atoms. The Labute approximate surface area is 152 Å². The quantitative estimate of drug-likeness (QED) is 0.611. The molecule has 0 saturated heterocycles. The van der Waals surface area contributed by atoms with Crippen molar-refractivity contribution in [1.29, 1.82) is 0 Å². The van der Waals surface area contributed by atoms with Crippen molar-refractivity contribution in [2.24, 2.45) is 4.99 Å². The van der Waals surface area contributed by atoms with Crippen LogP contribution in [0.1, 0.15) is 29.4 Å². The lowest BCUT2D eigenvalue weighted by molar-refractivity contribution is 0.0127. The maximum atomic E-state index is 13.8. The smallest absolute Gasteiger partial charge is 0.286 e. The molecule has 132 valence electrons. The molecule has 1 aromatic carbocycles. The Balaban J connectivity index is 1.85. The van der Waals surface area contributed by atoms with E-state index in [-0.39, 0.29) is 12.2 Å². The molecule has 3 aromatic rings. The summed E-state index contributed by atoms with van der Waals surface area (Å²) in [6.07, 6.45) is 3.16. The van der Waals surface area contributed by atoms with Crippen LogP contribution in [0.3, 0.4) is 0 Å². The van der Waals surface area contributed by atoms with Gasteiger partial charge >= 0.3 is 0 Å². The van der Waals surface area contributed by atoms with E-state index in [2.05, 4.69) is 9.98 Å². The first kappa shape index (κ1) is 16.8. The molecule has 0 bridgehead atoms. The Morgan fingerprint density at radius 3 is 2.69 bits per heavy atom. The third-order valence-electron chi connectivity index (χ3n) is 4.27. The average molecular weight is 376 g/mol. The molecule has 3 nitrogen and oxygen atoms in total. The Morgan fingerprint density at radius 1 is 1.19 bits per heavy atom. The number of benzene rings is 1. The first-order valence-electron chi connectivity index (χ1n) is 7.90. The van der Waals surface area contributed by atoms with E-state index in [0.717, 1.165) is 6.92 Å². The number of pyridine rings is 1. The van der Waals surface area contributed by atoms with Crippen molar-refractivity contribution < 1.29 is 13.2 Å². The molecule has 3 heterocycles. The van der Waals surface area contributed by atoms with Crippen molar-refractivity contribution in [2.45, 2.75) is 19.4 Å². The van der Waals surface area contributed by atoms with Crippen molar-refractivity contribution in [3.8, 4) is 5.69 Å². The summed E-state index contributed by atoms with van der Waals surface area (Å²) in [5.41, 5.74) is 2.90. The summed E-state index contributed by atoms with van der Waals surface area (Å²) in [5.74, 6) is -3.45. The molecule has 1 aliphatic rings. The minimum absolute atomic E-state index is 0.247. The van der Waals surface area contributed by atoms with Gasteiger partial charge in [-0.3, -0.25) is 9.98 Å². The fourth-order valence-corrected chi connectivity index (χ4v) is 3.28. The van der Waals surface area contributed by atoms with Crippen molar-refractivity contribution >= 4 is 17.3 Å². The van der Waals surface area contributed by atoms with Crippen LogP contribution in [0.25, 0.3) is 5.69 Å². The number of nitrogens with zero attached hydrogens (tertiary/aromatic N) is 3. The lowest BCUT2D eigenvalue weighted by Gasteiger charge is -2.13. The lowest BCUT2D eigenvalue weighted by Crippen LogP contribution is -2.12. The second kappa shape index (κ2) is 5.99. The summed E-state index contributed by atoms with van der Waals surface area (Å²) in [6.45, 7) is 1.05. The number of hydrogen-bond donors (Lipinski definition) is 0. The predicted molar refractivity (Wildman–Crippen MR) is 93.9 cm³/mol. The topological polar surface area (TPSA) is 30.2 Å². The van der Waals surface area contributed by atoms with Crippen LogP contribution in [-0.2, 0) is 12.5 Å². The Morgan fingerprint density at radius 2 is 2.00 bits per heavy atom. The molecule has 0 aliphatic carbocycles. The largest absolute Gasteiger partial charge is 0.315 e. The normalized spacial score (nSPS) is 13.7. The molecule has 0 N–H and O–H groups in total. The maximum absolute atomic E-state index is 13.8. The van der Waals surface area contributed by atoms with Crippen molar-refractivity contribution in [3.63, 3.8) is 0 Å². The number of aliphatic imine (C=N–C) groups is 1. The van der Waals surface area contributed by atoms with Crippen molar-refractivity contribution in [3.05, 3.63) is 82.1 Å². The van der Waals surface area contributed by atoms with E-state index in [4.69, 9.17) is 11.6 Å². The van der Waals surface area contributed by atoms with E-state index >= 15 is 0 Å². The van der Waals surface area contributed by atoms with Crippen molar-refractivity contribution in [1.82, 2.24) is 9.55 Å². The summed E-state index contributed by atoms with van der Waals surface area (Å²) in [5, 5.41) is 0.295. The molecule has 4 rings (SSSR count). The SMILES string of the molecule is CC(F)(F)c1ccc(C2=NCc3c(Cl)cc(F)cc3-n3cccc32)cn1. The van der Waals surface area contributed by atoms with E-state index in [0.29, 0.717) is 33.2 Å². The highest BCUT2D eigenvalue weighted by molar-refractivity contribution is 6.31. The number of alkyl halides is 2. The molecular weight excluding hydrogens is 363 g/mol. The van der Waals surface area contributed by atoms with Gasteiger partial charge in [-0.25, -0.2) is 4.39 Å². The zero-order chi connectivity index (χ0) is 18.5. The van der Waals surface area contributed by atoms with Gasteiger partial charge in [-0.05, 0) is 36.4 Å². The van der Waals surface area contributed by atoms with Gasteiger partial charge in [0.1, 0.15) is 11.5 Å². The van der Waals surface area contributed by atoms with Gasteiger partial charge in [-0.2, -0.15) is 8.78 Å². The highest BCUT2D eigenvalue weighted by Gasteiger charge is 2.26. The Hall–Kier alpha value is -2.60. The molecule has 2 aromatic heterocycles. The second-order valence-corrected chi connectivity index (χ2v) is 6.54. The molecule has 0 atom stereocenters. The summed E-state index contributed by atoms with van der Waals surface area (Å²) >= 11 is 6.20. The first-order valence-corrected chi connectivity index (χ1v) is 8.27. The fraction of sp³-hybridized carbons (Fsp3) is 0.158. The highest BCUT2D eigenvalue weighted by Crippen LogP contribution is 2.31. The molecule has 0 spiro atoms. The van der Waals surface area contributed by atoms with Gasteiger partial charge in [0.05, 0.1) is 28.7 Å². The number of aromatic nitrogens is 2. The number of hydrogen-bond acceptors (Lipinski definition) is 2. The minimum atomic E-state index is -3.01. The zero-order valence-electron chi connectivity index (χ0n) is 13.7. The van der Waals surface area contributed by atoms with Gasteiger partial charge < -0.3 is 4.57 Å². The molecule has 0 amide bonds. The second-order valence-electron chi connectivity index (χ2n) is 6.13. The number of rotatable bonds is 2.